The van der Waals surface area contributed by atoms with Gasteiger partial charge in [0.15, 0.2) is 0 Å². The molecular weight excluding hydrogens is 571 g/mol. The molecule has 8 aromatic carbocycles. The predicted molar refractivity (Wildman–Crippen MR) is 198 cm³/mol. The van der Waals surface area contributed by atoms with Crippen molar-refractivity contribution in [3.05, 3.63) is 163 Å². The van der Waals surface area contributed by atoms with Crippen LogP contribution in [0.25, 0.3) is 76.9 Å². The van der Waals surface area contributed by atoms with Gasteiger partial charge in [0.25, 0.3) is 0 Å². The number of furan rings is 1. The van der Waals surface area contributed by atoms with E-state index in [9.17, 15) is 0 Å². The molecule has 1 aromatic heterocycles. The summed E-state index contributed by atoms with van der Waals surface area (Å²) >= 11 is 0. The lowest BCUT2D eigenvalue weighted by Gasteiger charge is -2.28. The van der Waals surface area contributed by atoms with Crippen LogP contribution in [0.5, 0.6) is 0 Å². The molecule has 0 saturated heterocycles. The largest absolute Gasteiger partial charge is 0.456 e. The first-order valence-corrected chi connectivity index (χ1v) is 16.2. The molecule has 0 atom stereocenters. The minimum Gasteiger partial charge on any atom is -0.456 e. The van der Waals surface area contributed by atoms with Crippen LogP contribution in [0.2, 0.25) is 0 Å². The molecule has 2 heteroatoms. The van der Waals surface area contributed by atoms with Crippen molar-refractivity contribution in [2.24, 2.45) is 0 Å². The highest BCUT2D eigenvalue weighted by molar-refractivity contribution is 6.12. The van der Waals surface area contributed by atoms with E-state index in [2.05, 4.69) is 157 Å². The average Bonchev–Trinajstić information content (AvgIpc) is 3.49. The molecule has 0 saturated carbocycles. The molecule has 0 bridgehead atoms. The van der Waals surface area contributed by atoms with Crippen LogP contribution in [0.15, 0.2) is 162 Å². The summed E-state index contributed by atoms with van der Waals surface area (Å²) in [7, 11) is 0. The molecule has 1 aliphatic carbocycles. The lowest BCUT2D eigenvalue weighted by Crippen LogP contribution is -2.11. The van der Waals surface area contributed by atoms with Gasteiger partial charge in [-0.3, -0.25) is 0 Å². The Morgan fingerprint density at radius 3 is 1.79 bits per heavy atom. The Balaban J connectivity index is 1.10. The number of anilines is 3. The average molecular weight is 600 g/mol. The Morgan fingerprint density at radius 2 is 1.00 bits per heavy atom. The maximum Gasteiger partial charge on any atom is 0.137 e. The number of benzene rings is 8. The third-order valence-corrected chi connectivity index (χ3v) is 9.86. The van der Waals surface area contributed by atoms with Gasteiger partial charge < -0.3 is 9.32 Å². The fraction of sp³-hybridized carbons (Fsp3) is 0.0222. The molecule has 9 aromatic rings. The van der Waals surface area contributed by atoms with Gasteiger partial charge >= 0.3 is 0 Å². The van der Waals surface area contributed by atoms with E-state index in [4.69, 9.17) is 4.42 Å². The summed E-state index contributed by atoms with van der Waals surface area (Å²) in [6, 6.07) is 57.2. The maximum atomic E-state index is 6.32. The summed E-state index contributed by atoms with van der Waals surface area (Å²) in [5.74, 6) is 0. The Morgan fingerprint density at radius 1 is 0.404 bits per heavy atom. The number of rotatable bonds is 4. The van der Waals surface area contributed by atoms with Crippen LogP contribution in [-0.2, 0) is 0 Å². The first kappa shape index (κ1) is 26.1. The van der Waals surface area contributed by atoms with Gasteiger partial charge in [-0.1, -0.05) is 84.9 Å². The summed E-state index contributed by atoms with van der Waals surface area (Å²) in [6.07, 6.45) is 0. The highest BCUT2D eigenvalue weighted by Crippen LogP contribution is 2.51. The van der Waals surface area contributed by atoms with Gasteiger partial charge in [-0.2, -0.15) is 0 Å². The monoisotopic (exact) mass is 599 g/mol. The third kappa shape index (κ3) is 4.05. The van der Waals surface area contributed by atoms with Gasteiger partial charge in [-0.25, -0.2) is 0 Å². The first-order chi connectivity index (χ1) is 23.2. The fourth-order valence-electron chi connectivity index (χ4n) is 7.46. The van der Waals surface area contributed by atoms with Crippen molar-refractivity contribution < 1.29 is 4.42 Å². The van der Waals surface area contributed by atoms with E-state index in [1.54, 1.807) is 0 Å². The highest BCUT2D eigenvalue weighted by Gasteiger charge is 2.24. The van der Waals surface area contributed by atoms with E-state index in [1.807, 2.05) is 12.1 Å². The summed E-state index contributed by atoms with van der Waals surface area (Å²) < 4.78 is 6.32. The van der Waals surface area contributed by atoms with Crippen molar-refractivity contribution in [2.75, 3.05) is 4.90 Å². The van der Waals surface area contributed by atoms with Crippen LogP contribution >= 0.6 is 0 Å². The molecule has 0 spiro atoms. The molecule has 0 aliphatic heterocycles. The van der Waals surface area contributed by atoms with E-state index < -0.39 is 0 Å². The van der Waals surface area contributed by atoms with E-state index in [0.29, 0.717) is 0 Å². The molecule has 0 radical (unpaired) electrons. The predicted octanol–water partition coefficient (Wildman–Crippen LogP) is 13.0. The van der Waals surface area contributed by atoms with Crippen LogP contribution in [-0.4, -0.2) is 0 Å². The van der Waals surface area contributed by atoms with Crippen LogP contribution < -0.4 is 4.90 Å². The Bertz CT molecular complexity index is 2700. The van der Waals surface area contributed by atoms with Crippen LogP contribution in [0.4, 0.5) is 17.1 Å². The lowest BCUT2D eigenvalue weighted by molar-refractivity contribution is 0.669. The third-order valence-electron chi connectivity index (χ3n) is 9.86. The molecule has 1 heterocycles. The van der Waals surface area contributed by atoms with E-state index in [1.165, 1.54) is 60.5 Å². The molecule has 220 valence electrons. The molecule has 10 rings (SSSR count). The Kier molecular flexibility index (Phi) is 5.53. The minimum absolute atomic E-state index is 0.892. The molecule has 0 unspecified atom stereocenters. The van der Waals surface area contributed by atoms with Gasteiger partial charge in [0.2, 0.25) is 0 Å². The molecule has 47 heavy (non-hydrogen) atoms. The number of hydrogen-bond acceptors (Lipinski definition) is 2. The SMILES string of the molecule is Cc1ccccc1N(c1ccc2cc3c(cc2c1)-c1cc2cc(-c4ccccc4)ccc2cc1-3)c1ccc2c(c1)oc1ccccc12. The number of nitrogens with zero attached hydrogens (tertiary/aromatic N) is 1. The normalized spacial score (nSPS) is 11.9. The van der Waals surface area contributed by atoms with Crippen LogP contribution in [0.3, 0.4) is 0 Å². The van der Waals surface area contributed by atoms with Crippen LogP contribution in [0.1, 0.15) is 5.56 Å². The van der Waals surface area contributed by atoms with E-state index in [0.717, 1.165) is 39.0 Å². The Hall–Kier alpha value is -6.12. The van der Waals surface area contributed by atoms with Crippen molar-refractivity contribution in [1.82, 2.24) is 0 Å². The van der Waals surface area contributed by atoms with Gasteiger partial charge in [0, 0.05) is 33.9 Å². The summed E-state index contributed by atoms with van der Waals surface area (Å²) in [5, 5.41) is 7.30. The van der Waals surface area contributed by atoms with Crippen molar-refractivity contribution >= 4 is 60.5 Å². The minimum atomic E-state index is 0.892. The summed E-state index contributed by atoms with van der Waals surface area (Å²) in [5.41, 5.74) is 14.2. The second-order valence-electron chi connectivity index (χ2n) is 12.7. The maximum absolute atomic E-state index is 6.32. The number of hydrogen-bond donors (Lipinski definition) is 0. The van der Waals surface area contributed by atoms with Gasteiger partial charge in [-0.05, 0) is 134 Å². The second-order valence-corrected chi connectivity index (χ2v) is 12.7. The van der Waals surface area contributed by atoms with Crippen molar-refractivity contribution in [3.63, 3.8) is 0 Å². The Labute approximate surface area is 272 Å². The van der Waals surface area contributed by atoms with Crippen molar-refractivity contribution in [3.8, 4) is 33.4 Å². The van der Waals surface area contributed by atoms with Crippen LogP contribution in [0, 0.1) is 6.92 Å². The van der Waals surface area contributed by atoms with Gasteiger partial charge in [-0.15, -0.1) is 0 Å². The fourth-order valence-corrected chi connectivity index (χ4v) is 7.46. The standard InChI is InChI=1S/C45H29NO/c1-28-9-5-7-13-43(28)46(36-19-20-38-37-12-6-8-14-44(37)47-45(38)27-36)35-18-17-32-24-40-39-23-31-16-15-30(29-10-3-2-4-11-29)21-33(31)25-41(39)42(40)26-34(32)22-35/h2-27H,1H3. The molecule has 0 fully saturated rings. The highest BCUT2D eigenvalue weighted by atomic mass is 16.3. The summed E-state index contributed by atoms with van der Waals surface area (Å²) in [4.78, 5) is 2.35. The van der Waals surface area contributed by atoms with Crippen molar-refractivity contribution in [1.29, 1.82) is 0 Å². The smallest absolute Gasteiger partial charge is 0.137 e. The second kappa shape index (κ2) is 9.94. The lowest BCUT2D eigenvalue weighted by atomic mass is 9.77. The topological polar surface area (TPSA) is 16.4 Å². The summed E-state index contributed by atoms with van der Waals surface area (Å²) in [6.45, 7) is 2.18. The zero-order chi connectivity index (χ0) is 31.1. The van der Waals surface area contributed by atoms with Gasteiger partial charge in [0.1, 0.15) is 11.2 Å². The van der Waals surface area contributed by atoms with Gasteiger partial charge in [0.05, 0.1) is 0 Å². The molecule has 0 N–H and O–H groups in total. The van der Waals surface area contributed by atoms with Crippen molar-refractivity contribution in [2.45, 2.75) is 6.92 Å². The molecule has 2 nitrogen and oxygen atoms in total. The number of aryl methyl sites for hydroxylation is 1. The molecule has 0 amide bonds. The zero-order valence-corrected chi connectivity index (χ0v) is 25.9. The molecular formula is C45H29NO. The van der Waals surface area contributed by atoms with E-state index >= 15 is 0 Å². The molecule has 1 aliphatic rings. The first-order valence-electron chi connectivity index (χ1n) is 16.2. The van der Waals surface area contributed by atoms with E-state index in [-0.39, 0.29) is 0 Å². The zero-order valence-electron chi connectivity index (χ0n) is 25.9. The number of fused-ring (bicyclic) bond motifs is 9. The quantitative estimate of drug-likeness (QED) is 0.200. The number of para-hydroxylation sites is 2.